The van der Waals surface area contributed by atoms with Crippen molar-refractivity contribution >= 4 is 44.3 Å². The molecule has 9 nitrogen and oxygen atoms in total. The van der Waals surface area contributed by atoms with Gasteiger partial charge in [0.05, 0.1) is 17.7 Å². The van der Waals surface area contributed by atoms with Gasteiger partial charge in [0.25, 0.3) is 10.1 Å². The van der Waals surface area contributed by atoms with Crippen molar-refractivity contribution in [2.24, 2.45) is 10.2 Å². The van der Waals surface area contributed by atoms with E-state index < -0.39 is 15.0 Å². The van der Waals surface area contributed by atoms with E-state index in [-0.39, 0.29) is 21.7 Å². The molecule has 0 radical (unpaired) electrons. The summed E-state index contributed by atoms with van der Waals surface area (Å²) >= 11 is 0.521. The highest BCUT2D eigenvalue weighted by Gasteiger charge is 2.21. The predicted molar refractivity (Wildman–Crippen MR) is 96.7 cm³/mol. The zero-order valence-electron chi connectivity index (χ0n) is 13.4. The number of hydrogen-bond acceptors (Lipinski definition) is 9. The van der Waals surface area contributed by atoms with Crippen molar-refractivity contribution in [1.29, 1.82) is 0 Å². The van der Waals surface area contributed by atoms with Crippen molar-refractivity contribution in [3.8, 4) is 5.75 Å². The van der Waals surface area contributed by atoms with E-state index >= 15 is 0 Å². The molecule has 0 amide bonds. The maximum absolute atomic E-state index is 11.9. The Morgan fingerprint density at radius 3 is 2.41 bits per heavy atom. The van der Waals surface area contributed by atoms with Crippen LogP contribution in [0.4, 0.5) is 11.4 Å². The third-order valence-corrected chi connectivity index (χ3v) is 4.90. The summed E-state index contributed by atoms with van der Waals surface area (Å²) < 4.78 is 37.7. The molecular weight excluding hydrogens is 396 g/mol. The molecule has 3 N–H and O–H groups in total. The number of phenols is 1. The number of benzene rings is 3. The third-order valence-electron chi connectivity index (χ3n) is 3.47. The molecule has 0 unspecified atom stereocenters. The van der Waals surface area contributed by atoms with Crippen LogP contribution < -0.4 is 0 Å². The summed E-state index contributed by atoms with van der Waals surface area (Å²) in [4.78, 5) is -0.303. The summed E-state index contributed by atoms with van der Waals surface area (Å²) in [6.45, 7) is 0. The second kappa shape index (κ2) is 8.00. The number of rotatable bonds is 6. The van der Waals surface area contributed by atoms with Crippen molar-refractivity contribution < 1.29 is 32.7 Å². The van der Waals surface area contributed by atoms with Gasteiger partial charge in [-0.15, -0.1) is 9.45 Å². The summed E-state index contributed by atoms with van der Waals surface area (Å²) in [6, 6.07) is 14.0. The fourth-order valence-electron chi connectivity index (χ4n) is 2.38. The molecule has 11 heteroatoms. The van der Waals surface area contributed by atoms with E-state index in [1.54, 1.807) is 30.3 Å². The standard InChI is InChI=1S/C16H12N2O7S2/c19-13-7-6-10-8-12(26-25-24-20)9-14(27(21,22)23)15(10)16(13)18-17-11-4-2-1-3-5-11/h1-9,19-20H,(H,21,22,23). The Kier molecular flexibility index (Phi) is 5.70. The minimum atomic E-state index is -4.68. The Balaban J connectivity index is 2.24. The molecule has 0 atom stereocenters. The number of fused-ring (bicyclic) bond motifs is 1. The summed E-state index contributed by atoms with van der Waals surface area (Å²) in [6.07, 6.45) is 0. The van der Waals surface area contributed by atoms with Crippen molar-refractivity contribution in [2.75, 3.05) is 0 Å². The molecule has 0 aliphatic rings. The van der Waals surface area contributed by atoms with Crippen molar-refractivity contribution in [3.05, 3.63) is 54.6 Å². The van der Waals surface area contributed by atoms with Gasteiger partial charge in [0.2, 0.25) is 0 Å². The lowest BCUT2D eigenvalue weighted by molar-refractivity contribution is -0.432. The SMILES string of the molecule is O=S(=O)(O)c1cc(SOOO)cc2ccc(O)c(N=Nc3ccccc3)c12. The third kappa shape index (κ3) is 4.42. The van der Waals surface area contributed by atoms with Gasteiger partial charge in [-0.05, 0) is 35.7 Å². The Hall–Kier alpha value is -2.54. The summed E-state index contributed by atoms with van der Waals surface area (Å²) in [7, 11) is -4.68. The molecule has 27 heavy (non-hydrogen) atoms. The summed E-state index contributed by atoms with van der Waals surface area (Å²) in [5.41, 5.74) is 0.364. The lowest BCUT2D eigenvalue weighted by atomic mass is 10.1. The molecule has 0 aromatic heterocycles. The summed E-state index contributed by atoms with van der Waals surface area (Å²) in [5, 5.41) is 30.2. The summed E-state index contributed by atoms with van der Waals surface area (Å²) in [5.74, 6) is -0.317. The van der Waals surface area contributed by atoms with Crippen LogP contribution in [0.5, 0.6) is 5.75 Å². The van der Waals surface area contributed by atoms with Crippen LogP contribution in [0.3, 0.4) is 0 Å². The van der Waals surface area contributed by atoms with E-state index in [1.165, 1.54) is 18.2 Å². The van der Waals surface area contributed by atoms with E-state index in [9.17, 15) is 18.1 Å². The van der Waals surface area contributed by atoms with E-state index in [4.69, 9.17) is 5.26 Å². The number of nitrogens with zero attached hydrogens (tertiary/aromatic N) is 2. The molecule has 0 saturated carbocycles. The zero-order valence-corrected chi connectivity index (χ0v) is 15.0. The van der Waals surface area contributed by atoms with Crippen LogP contribution in [0.2, 0.25) is 0 Å². The van der Waals surface area contributed by atoms with Gasteiger partial charge in [0, 0.05) is 10.3 Å². The maximum Gasteiger partial charge on any atom is 0.295 e. The van der Waals surface area contributed by atoms with Crippen LogP contribution in [0, 0.1) is 0 Å². The molecule has 0 heterocycles. The molecule has 140 valence electrons. The van der Waals surface area contributed by atoms with Crippen LogP contribution in [0.25, 0.3) is 10.8 Å². The first-order valence-corrected chi connectivity index (χ1v) is 9.47. The van der Waals surface area contributed by atoms with Crippen molar-refractivity contribution in [1.82, 2.24) is 0 Å². The van der Waals surface area contributed by atoms with Gasteiger partial charge in [0.15, 0.2) is 0 Å². The van der Waals surface area contributed by atoms with Gasteiger partial charge < -0.3 is 5.11 Å². The second-order valence-corrected chi connectivity index (χ2v) is 7.35. The first-order valence-electron chi connectivity index (χ1n) is 7.29. The lowest BCUT2D eigenvalue weighted by Crippen LogP contribution is -2.00. The van der Waals surface area contributed by atoms with Gasteiger partial charge in [-0.3, -0.25) is 4.55 Å². The first-order chi connectivity index (χ1) is 12.9. The van der Waals surface area contributed by atoms with Gasteiger partial charge in [-0.25, -0.2) is 5.26 Å². The highest BCUT2D eigenvalue weighted by atomic mass is 32.2. The van der Waals surface area contributed by atoms with Crippen LogP contribution >= 0.6 is 12.0 Å². The molecule has 0 saturated heterocycles. The Morgan fingerprint density at radius 1 is 1.00 bits per heavy atom. The molecule has 0 spiro atoms. The lowest BCUT2D eigenvalue weighted by Gasteiger charge is -2.10. The monoisotopic (exact) mass is 408 g/mol. The fourth-order valence-corrected chi connectivity index (χ4v) is 3.65. The molecule has 3 aromatic carbocycles. The smallest absolute Gasteiger partial charge is 0.295 e. The zero-order chi connectivity index (χ0) is 19.4. The Bertz CT molecular complexity index is 1100. The largest absolute Gasteiger partial charge is 0.506 e. The molecular formula is C16H12N2O7S2. The number of azo groups is 1. The molecule has 3 aromatic rings. The van der Waals surface area contributed by atoms with E-state index in [2.05, 4.69) is 19.6 Å². The maximum atomic E-state index is 11.9. The van der Waals surface area contributed by atoms with Gasteiger partial charge in [0.1, 0.15) is 16.3 Å². The number of hydrogen-bond donors (Lipinski definition) is 3. The molecule has 0 fully saturated rings. The van der Waals surface area contributed by atoms with E-state index in [0.717, 1.165) is 6.07 Å². The van der Waals surface area contributed by atoms with E-state index in [1.807, 2.05) is 0 Å². The van der Waals surface area contributed by atoms with Crippen molar-refractivity contribution in [3.63, 3.8) is 0 Å². The van der Waals surface area contributed by atoms with Gasteiger partial charge in [-0.2, -0.15) is 13.5 Å². The first kappa shape index (κ1) is 19.2. The highest BCUT2D eigenvalue weighted by Crippen LogP contribution is 2.41. The van der Waals surface area contributed by atoms with Crippen LogP contribution in [-0.2, 0) is 19.5 Å². The Labute approximate surface area is 157 Å². The molecule has 0 bridgehead atoms. The molecule has 0 aliphatic heterocycles. The molecule has 3 rings (SSSR count). The van der Waals surface area contributed by atoms with Crippen LogP contribution in [0.1, 0.15) is 0 Å². The van der Waals surface area contributed by atoms with Crippen LogP contribution in [-0.4, -0.2) is 23.3 Å². The average Bonchev–Trinajstić information content (AvgIpc) is 2.65. The highest BCUT2D eigenvalue weighted by molar-refractivity contribution is 7.94. The van der Waals surface area contributed by atoms with Crippen molar-refractivity contribution in [2.45, 2.75) is 9.79 Å². The number of phenolic OH excluding ortho intramolecular Hbond substituents is 1. The van der Waals surface area contributed by atoms with Gasteiger partial charge >= 0.3 is 0 Å². The normalized spacial score (nSPS) is 12.1. The van der Waals surface area contributed by atoms with Crippen LogP contribution in [0.15, 0.2) is 74.6 Å². The minimum absolute atomic E-state index is 0.0218. The topological polar surface area (TPSA) is 138 Å². The Morgan fingerprint density at radius 2 is 1.74 bits per heavy atom. The quantitative estimate of drug-likeness (QED) is 0.176. The molecule has 0 aliphatic carbocycles. The minimum Gasteiger partial charge on any atom is -0.506 e. The van der Waals surface area contributed by atoms with Gasteiger partial charge in [-0.1, -0.05) is 29.3 Å². The average molecular weight is 408 g/mol. The number of aromatic hydroxyl groups is 1. The fraction of sp³-hybridized carbons (Fsp3) is 0. The predicted octanol–water partition coefficient (Wildman–Crippen LogP) is 4.64. The van der Waals surface area contributed by atoms with E-state index in [0.29, 0.717) is 23.1 Å². The second-order valence-electron chi connectivity index (χ2n) is 5.19.